The highest BCUT2D eigenvalue weighted by molar-refractivity contribution is 5.69. The van der Waals surface area contributed by atoms with Crippen LogP contribution in [-0.4, -0.2) is 26.3 Å². The standard InChI is InChI=1S/C12H24O3/c1-4-6-7-11(5-2)10-15-9-8-12(13)14-3/h11H,4-10H2,1-3H3. The van der Waals surface area contributed by atoms with Crippen molar-refractivity contribution in [1.82, 2.24) is 0 Å². The molecule has 0 heterocycles. The van der Waals surface area contributed by atoms with E-state index in [-0.39, 0.29) is 5.97 Å². The van der Waals surface area contributed by atoms with Gasteiger partial charge in [0.1, 0.15) is 0 Å². The number of hydrogen-bond acceptors (Lipinski definition) is 3. The number of hydrogen-bond donors (Lipinski definition) is 0. The molecule has 0 aliphatic carbocycles. The Balaban J connectivity index is 3.41. The van der Waals surface area contributed by atoms with Gasteiger partial charge in [0.2, 0.25) is 0 Å². The Morgan fingerprint density at radius 2 is 2.07 bits per heavy atom. The number of carbonyl (C=O) groups excluding carboxylic acids is 1. The molecule has 0 fully saturated rings. The van der Waals surface area contributed by atoms with E-state index in [2.05, 4.69) is 18.6 Å². The molecule has 90 valence electrons. The van der Waals surface area contributed by atoms with Gasteiger partial charge >= 0.3 is 5.97 Å². The SMILES string of the molecule is CCCCC(CC)COCCC(=O)OC. The third-order valence-electron chi connectivity index (χ3n) is 2.58. The molecule has 0 amide bonds. The quantitative estimate of drug-likeness (QED) is 0.439. The first-order valence-corrected chi connectivity index (χ1v) is 5.89. The summed E-state index contributed by atoms with van der Waals surface area (Å²) in [5, 5.41) is 0. The van der Waals surface area contributed by atoms with Gasteiger partial charge in [-0.3, -0.25) is 4.79 Å². The second kappa shape index (κ2) is 9.97. The molecule has 0 aliphatic rings. The summed E-state index contributed by atoms with van der Waals surface area (Å²) in [6.45, 7) is 5.64. The molecule has 0 aromatic rings. The van der Waals surface area contributed by atoms with E-state index in [9.17, 15) is 4.79 Å². The Morgan fingerprint density at radius 1 is 1.33 bits per heavy atom. The predicted molar refractivity (Wildman–Crippen MR) is 60.8 cm³/mol. The van der Waals surface area contributed by atoms with Crippen molar-refractivity contribution in [3.8, 4) is 0 Å². The van der Waals surface area contributed by atoms with Gasteiger partial charge in [0, 0.05) is 6.61 Å². The molecule has 0 aromatic heterocycles. The lowest BCUT2D eigenvalue weighted by molar-refractivity contribution is -0.141. The minimum Gasteiger partial charge on any atom is -0.469 e. The lowest BCUT2D eigenvalue weighted by atomic mass is 10.0. The van der Waals surface area contributed by atoms with Crippen LogP contribution in [0.25, 0.3) is 0 Å². The summed E-state index contributed by atoms with van der Waals surface area (Å²) in [7, 11) is 1.40. The molecule has 3 nitrogen and oxygen atoms in total. The van der Waals surface area contributed by atoms with Crippen LogP contribution < -0.4 is 0 Å². The smallest absolute Gasteiger partial charge is 0.307 e. The summed E-state index contributed by atoms with van der Waals surface area (Å²) in [4.78, 5) is 10.8. The van der Waals surface area contributed by atoms with Crippen LogP contribution in [0.4, 0.5) is 0 Å². The summed E-state index contributed by atoms with van der Waals surface area (Å²) < 4.78 is 9.98. The van der Waals surface area contributed by atoms with Crippen LogP contribution in [0.1, 0.15) is 46.0 Å². The van der Waals surface area contributed by atoms with Gasteiger partial charge in [0.05, 0.1) is 20.1 Å². The summed E-state index contributed by atoms with van der Waals surface area (Å²) in [5.74, 6) is 0.444. The van der Waals surface area contributed by atoms with E-state index in [1.807, 2.05) is 0 Å². The fraction of sp³-hybridized carbons (Fsp3) is 0.917. The van der Waals surface area contributed by atoms with Crippen LogP contribution in [0.3, 0.4) is 0 Å². The Kier molecular flexibility index (Phi) is 9.59. The molecule has 0 saturated carbocycles. The van der Waals surface area contributed by atoms with Crippen molar-refractivity contribution in [2.75, 3.05) is 20.3 Å². The number of esters is 1. The van der Waals surface area contributed by atoms with Gasteiger partial charge in [-0.25, -0.2) is 0 Å². The zero-order valence-electron chi connectivity index (χ0n) is 10.3. The van der Waals surface area contributed by atoms with Gasteiger partial charge in [-0.2, -0.15) is 0 Å². The zero-order chi connectivity index (χ0) is 11.5. The Hall–Kier alpha value is -0.570. The number of unbranched alkanes of at least 4 members (excludes halogenated alkanes) is 1. The van der Waals surface area contributed by atoms with E-state index in [0.717, 1.165) is 13.0 Å². The third kappa shape index (κ3) is 8.43. The van der Waals surface area contributed by atoms with Crippen LogP contribution in [-0.2, 0) is 14.3 Å². The molecule has 3 heteroatoms. The number of methoxy groups -OCH3 is 1. The van der Waals surface area contributed by atoms with Crippen molar-refractivity contribution in [1.29, 1.82) is 0 Å². The van der Waals surface area contributed by atoms with Crippen molar-refractivity contribution < 1.29 is 14.3 Å². The molecule has 0 bridgehead atoms. The van der Waals surface area contributed by atoms with E-state index in [4.69, 9.17) is 4.74 Å². The summed E-state index contributed by atoms with van der Waals surface area (Å²) >= 11 is 0. The van der Waals surface area contributed by atoms with Crippen molar-refractivity contribution in [2.24, 2.45) is 5.92 Å². The van der Waals surface area contributed by atoms with Crippen LogP contribution in [0.2, 0.25) is 0 Å². The Morgan fingerprint density at radius 3 is 2.60 bits per heavy atom. The van der Waals surface area contributed by atoms with Gasteiger partial charge in [0.15, 0.2) is 0 Å². The summed E-state index contributed by atoms with van der Waals surface area (Å²) in [6, 6.07) is 0. The molecule has 0 aliphatic heterocycles. The van der Waals surface area contributed by atoms with Gasteiger partial charge in [0.25, 0.3) is 0 Å². The molecule has 0 rings (SSSR count). The van der Waals surface area contributed by atoms with Gasteiger partial charge in [-0.1, -0.05) is 33.1 Å². The van der Waals surface area contributed by atoms with Crippen molar-refractivity contribution in [3.63, 3.8) is 0 Å². The van der Waals surface area contributed by atoms with Crippen LogP contribution in [0.15, 0.2) is 0 Å². The average molecular weight is 216 g/mol. The van der Waals surface area contributed by atoms with E-state index < -0.39 is 0 Å². The van der Waals surface area contributed by atoms with Gasteiger partial charge in [-0.15, -0.1) is 0 Å². The minimum atomic E-state index is -0.198. The third-order valence-corrected chi connectivity index (χ3v) is 2.58. The molecule has 0 radical (unpaired) electrons. The van der Waals surface area contributed by atoms with E-state index >= 15 is 0 Å². The number of carbonyl (C=O) groups is 1. The lowest BCUT2D eigenvalue weighted by Crippen LogP contribution is -2.12. The Labute approximate surface area is 93.1 Å². The van der Waals surface area contributed by atoms with Crippen molar-refractivity contribution in [3.05, 3.63) is 0 Å². The maximum atomic E-state index is 10.8. The van der Waals surface area contributed by atoms with Crippen LogP contribution >= 0.6 is 0 Å². The highest BCUT2D eigenvalue weighted by Crippen LogP contribution is 2.12. The van der Waals surface area contributed by atoms with Crippen molar-refractivity contribution in [2.45, 2.75) is 46.0 Å². The second-order valence-corrected chi connectivity index (χ2v) is 3.82. The first-order valence-electron chi connectivity index (χ1n) is 5.89. The molecule has 0 aromatic carbocycles. The van der Waals surface area contributed by atoms with Crippen molar-refractivity contribution >= 4 is 5.97 Å². The second-order valence-electron chi connectivity index (χ2n) is 3.82. The topological polar surface area (TPSA) is 35.5 Å². The maximum absolute atomic E-state index is 10.8. The van der Waals surface area contributed by atoms with Crippen LogP contribution in [0, 0.1) is 5.92 Å². The maximum Gasteiger partial charge on any atom is 0.307 e. The highest BCUT2D eigenvalue weighted by Gasteiger charge is 2.06. The number of rotatable bonds is 9. The molecule has 15 heavy (non-hydrogen) atoms. The zero-order valence-corrected chi connectivity index (χ0v) is 10.3. The average Bonchev–Trinajstić information content (AvgIpc) is 2.27. The van der Waals surface area contributed by atoms with E-state index in [1.54, 1.807) is 0 Å². The molecule has 0 N–H and O–H groups in total. The monoisotopic (exact) mass is 216 g/mol. The Bertz CT molecular complexity index is 157. The molecule has 1 unspecified atom stereocenters. The molecule has 1 atom stereocenters. The molecular weight excluding hydrogens is 192 g/mol. The fourth-order valence-corrected chi connectivity index (χ4v) is 1.41. The highest BCUT2D eigenvalue weighted by atomic mass is 16.5. The number of ether oxygens (including phenoxy) is 2. The van der Waals surface area contributed by atoms with E-state index in [1.165, 1.54) is 26.4 Å². The normalized spacial score (nSPS) is 12.5. The largest absolute Gasteiger partial charge is 0.469 e. The molecular formula is C12H24O3. The molecule has 0 spiro atoms. The fourth-order valence-electron chi connectivity index (χ4n) is 1.41. The molecule has 0 saturated heterocycles. The van der Waals surface area contributed by atoms with Crippen LogP contribution in [0.5, 0.6) is 0 Å². The van der Waals surface area contributed by atoms with E-state index in [0.29, 0.717) is 18.9 Å². The minimum absolute atomic E-state index is 0.198. The predicted octanol–water partition coefficient (Wildman–Crippen LogP) is 2.78. The summed E-state index contributed by atoms with van der Waals surface area (Å²) in [5.41, 5.74) is 0. The van der Waals surface area contributed by atoms with Gasteiger partial charge < -0.3 is 9.47 Å². The van der Waals surface area contributed by atoms with Gasteiger partial charge in [-0.05, 0) is 12.3 Å². The first kappa shape index (κ1) is 14.4. The summed E-state index contributed by atoms with van der Waals surface area (Å²) in [6.07, 6.45) is 5.24. The first-order chi connectivity index (χ1) is 7.24. The lowest BCUT2D eigenvalue weighted by Gasteiger charge is -2.14.